The van der Waals surface area contributed by atoms with E-state index in [-0.39, 0.29) is 36.0 Å². The molecule has 11 atom stereocenters. The zero-order valence-electron chi connectivity index (χ0n) is 34.3. The minimum absolute atomic E-state index is 0.0461. The van der Waals surface area contributed by atoms with E-state index < -0.39 is 0 Å². The summed E-state index contributed by atoms with van der Waals surface area (Å²) in [6, 6.07) is 0.451. The van der Waals surface area contributed by atoms with E-state index in [0.717, 1.165) is 94.1 Å². The zero-order chi connectivity index (χ0) is 38.8. The first-order valence-electron chi connectivity index (χ1n) is 22.3. The maximum atomic E-state index is 12.7. The SMILES string of the molecule is C[C@H](CCC(=O)NCCCOCCCCOCCCNC(=O)CCCC[C@@H]1SC[C@@H]2NC(=O)N[C@@H]21)[C@H]1CC[C@H]2[C@@H]3CC=C4C[C@@H](O)CC[C@]4(C)[C@H]3CC[C@]12C. The molecule has 2 aliphatic heterocycles. The highest BCUT2D eigenvalue weighted by Crippen LogP contribution is 2.67. The predicted molar refractivity (Wildman–Crippen MR) is 220 cm³/mol. The van der Waals surface area contributed by atoms with Crippen LogP contribution in [0.3, 0.4) is 0 Å². The Bertz CT molecular complexity index is 1320. The number of thioether (sulfide) groups is 1. The summed E-state index contributed by atoms with van der Waals surface area (Å²) in [6.45, 7) is 11.6. The molecule has 6 aliphatic rings. The van der Waals surface area contributed by atoms with Gasteiger partial charge in [0, 0.05) is 63.4 Å². The van der Waals surface area contributed by atoms with E-state index in [1.807, 2.05) is 11.8 Å². The molecule has 11 heteroatoms. The van der Waals surface area contributed by atoms with Crippen molar-refractivity contribution in [3.8, 4) is 0 Å². The summed E-state index contributed by atoms with van der Waals surface area (Å²) in [6.07, 6.45) is 20.5. The average molecular weight is 787 g/mol. The third kappa shape index (κ3) is 10.8. The third-order valence-corrected chi connectivity index (χ3v) is 16.7. The quantitative estimate of drug-likeness (QED) is 0.0458. The molecule has 55 heavy (non-hydrogen) atoms. The number of allylic oxidation sites excluding steroid dienone is 1. The number of unbranched alkanes of at least 4 members (excludes halogenated alkanes) is 2. The molecule has 2 heterocycles. The van der Waals surface area contributed by atoms with Crippen molar-refractivity contribution in [2.45, 2.75) is 160 Å². The lowest BCUT2D eigenvalue weighted by molar-refractivity contribution is -0.122. The molecular formula is C44H74N4O6S. The maximum Gasteiger partial charge on any atom is 0.315 e. The van der Waals surface area contributed by atoms with E-state index in [9.17, 15) is 19.5 Å². The summed E-state index contributed by atoms with van der Waals surface area (Å²) in [7, 11) is 0. The second-order valence-electron chi connectivity index (χ2n) is 18.6. The Balaban J connectivity index is 0.716. The van der Waals surface area contributed by atoms with Gasteiger partial charge >= 0.3 is 6.03 Å². The molecule has 312 valence electrons. The number of urea groups is 1. The van der Waals surface area contributed by atoms with E-state index in [2.05, 4.69) is 48.1 Å². The highest BCUT2D eigenvalue weighted by Gasteiger charge is 2.59. The predicted octanol–water partition coefficient (Wildman–Crippen LogP) is 6.89. The second-order valence-corrected chi connectivity index (χ2v) is 19.9. The maximum absolute atomic E-state index is 12.7. The molecular weight excluding hydrogens is 713 g/mol. The van der Waals surface area contributed by atoms with Crippen LogP contribution in [0.1, 0.15) is 136 Å². The van der Waals surface area contributed by atoms with Crippen LogP contribution < -0.4 is 21.3 Å². The summed E-state index contributed by atoms with van der Waals surface area (Å²) in [5.41, 5.74) is 2.25. The largest absolute Gasteiger partial charge is 0.393 e. The van der Waals surface area contributed by atoms with Crippen molar-refractivity contribution in [3.63, 3.8) is 0 Å². The highest BCUT2D eigenvalue weighted by atomic mass is 32.2. The molecule has 0 unspecified atom stereocenters. The molecule has 6 rings (SSSR count). The van der Waals surface area contributed by atoms with E-state index in [1.54, 1.807) is 5.57 Å². The molecule has 5 fully saturated rings. The molecule has 0 aromatic rings. The Morgan fingerprint density at radius 1 is 0.891 bits per heavy atom. The molecule has 10 nitrogen and oxygen atoms in total. The van der Waals surface area contributed by atoms with E-state index in [0.29, 0.717) is 80.3 Å². The number of fused-ring (bicyclic) bond motifs is 6. The number of carbonyl (C=O) groups is 3. The zero-order valence-corrected chi connectivity index (χ0v) is 35.2. The van der Waals surface area contributed by atoms with Gasteiger partial charge in [0.25, 0.3) is 0 Å². The second kappa shape index (κ2) is 20.2. The van der Waals surface area contributed by atoms with Crippen LogP contribution in [0.15, 0.2) is 11.6 Å². The van der Waals surface area contributed by atoms with Crippen molar-refractivity contribution in [2.24, 2.45) is 40.4 Å². The summed E-state index contributed by atoms with van der Waals surface area (Å²) in [5, 5.41) is 22.9. The molecule has 0 aromatic carbocycles. The molecule has 4 aliphatic carbocycles. The van der Waals surface area contributed by atoms with Gasteiger partial charge in [-0.15, -0.1) is 0 Å². The summed E-state index contributed by atoms with van der Waals surface area (Å²) in [4.78, 5) is 36.4. The van der Waals surface area contributed by atoms with Crippen LogP contribution >= 0.6 is 11.8 Å². The number of carbonyl (C=O) groups excluding carboxylic acids is 3. The lowest BCUT2D eigenvalue weighted by atomic mass is 9.47. The van der Waals surface area contributed by atoms with Crippen LogP contribution in [0.2, 0.25) is 0 Å². The van der Waals surface area contributed by atoms with Gasteiger partial charge in [0.2, 0.25) is 11.8 Å². The van der Waals surface area contributed by atoms with Gasteiger partial charge in [-0.3, -0.25) is 9.59 Å². The summed E-state index contributed by atoms with van der Waals surface area (Å²) < 4.78 is 11.5. The number of ether oxygens (including phenoxy) is 2. The van der Waals surface area contributed by atoms with Crippen molar-refractivity contribution in [2.75, 3.05) is 45.3 Å². The minimum Gasteiger partial charge on any atom is -0.393 e. The van der Waals surface area contributed by atoms with Gasteiger partial charge in [-0.05, 0) is 137 Å². The highest BCUT2D eigenvalue weighted by molar-refractivity contribution is 8.00. The molecule has 3 saturated carbocycles. The molecule has 4 amide bonds. The van der Waals surface area contributed by atoms with Crippen LogP contribution in [0.25, 0.3) is 0 Å². The van der Waals surface area contributed by atoms with Crippen LogP contribution in [-0.4, -0.2) is 91.7 Å². The van der Waals surface area contributed by atoms with Crippen molar-refractivity contribution < 1.29 is 29.0 Å². The normalized spacial score (nSPS) is 35.4. The monoisotopic (exact) mass is 787 g/mol. The molecule has 0 bridgehead atoms. The lowest BCUT2D eigenvalue weighted by Crippen LogP contribution is -2.50. The number of aliphatic hydroxyl groups is 1. The van der Waals surface area contributed by atoms with Crippen LogP contribution in [0, 0.1) is 40.4 Å². The van der Waals surface area contributed by atoms with Crippen molar-refractivity contribution in [3.05, 3.63) is 11.6 Å². The molecule has 5 N–H and O–H groups in total. The fraction of sp³-hybridized carbons (Fsp3) is 0.886. The smallest absolute Gasteiger partial charge is 0.315 e. The Hall–Kier alpha value is -1.82. The fourth-order valence-corrected chi connectivity index (χ4v) is 13.6. The van der Waals surface area contributed by atoms with Crippen molar-refractivity contribution >= 4 is 29.6 Å². The van der Waals surface area contributed by atoms with Crippen LogP contribution in [0.4, 0.5) is 4.79 Å². The number of hydrogen-bond acceptors (Lipinski definition) is 7. The van der Waals surface area contributed by atoms with Crippen LogP contribution in [0.5, 0.6) is 0 Å². The molecule has 0 radical (unpaired) electrons. The van der Waals surface area contributed by atoms with Gasteiger partial charge in [0.1, 0.15) is 0 Å². The average Bonchev–Trinajstić information content (AvgIpc) is 3.84. The van der Waals surface area contributed by atoms with E-state index >= 15 is 0 Å². The minimum atomic E-state index is -0.138. The van der Waals surface area contributed by atoms with Crippen LogP contribution in [-0.2, 0) is 19.1 Å². The number of aliphatic hydroxyl groups excluding tert-OH is 1. The van der Waals surface area contributed by atoms with Crippen molar-refractivity contribution in [1.29, 1.82) is 0 Å². The van der Waals surface area contributed by atoms with Gasteiger partial charge in [-0.2, -0.15) is 11.8 Å². The van der Waals surface area contributed by atoms with E-state index in [1.165, 1.54) is 32.1 Å². The first-order valence-corrected chi connectivity index (χ1v) is 23.4. The van der Waals surface area contributed by atoms with Gasteiger partial charge in [-0.25, -0.2) is 4.79 Å². The molecule has 2 saturated heterocycles. The Kier molecular flexibility index (Phi) is 15.7. The van der Waals surface area contributed by atoms with Gasteiger partial charge < -0.3 is 35.8 Å². The Morgan fingerprint density at radius 3 is 2.35 bits per heavy atom. The summed E-state index contributed by atoms with van der Waals surface area (Å²) >= 11 is 1.92. The standard InChI is InChI=1S/C44H74N4O6S/c1-30(34-15-16-35-33-14-13-31-28-32(49)18-20-43(31,2)36(33)19-21-44(34,35)3)12-17-40(51)46-23-9-27-54-25-7-6-24-53-26-8-22-45-39(50)11-5-4-10-38-41-37(29-55-38)47-42(52)48-41/h13,30,32-38,41,49H,4-12,14-29H2,1-3H3,(H,45,50)(H,46,51)(H2,47,48,52)/t30-,32+,33+,34-,35+,36+,37+,38+,41+,43+,44-/m1/s1. The molecule has 0 spiro atoms. The topological polar surface area (TPSA) is 138 Å². The Morgan fingerprint density at radius 2 is 1.60 bits per heavy atom. The van der Waals surface area contributed by atoms with Gasteiger partial charge in [0.05, 0.1) is 18.2 Å². The van der Waals surface area contributed by atoms with Crippen molar-refractivity contribution in [1.82, 2.24) is 21.3 Å². The summed E-state index contributed by atoms with van der Waals surface area (Å²) in [5.74, 6) is 4.90. The Labute approximate surface area is 336 Å². The number of nitrogens with one attached hydrogen (secondary N) is 4. The van der Waals surface area contributed by atoms with Gasteiger partial charge in [0.15, 0.2) is 0 Å². The van der Waals surface area contributed by atoms with E-state index in [4.69, 9.17) is 9.47 Å². The first-order chi connectivity index (χ1) is 26.6. The fourth-order valence-electron chi connectivity index (χ4n) is 12.0. The lowest BCUT2D eigenvalue weighted by Gasteiger charge is -2.58. The first kappa shape index (κ1) is 42.8. The number of rotatable bonds is 22. The number of hydrogen-bond donors (Lipinski definition) is 5. The number of amides is 4. The van der Waals surface area contributed by atoms with Gasteiger partial charge in [-0.1, -0.05) is 38.8 Å². The third-order valence-electron chi connectivity index (χ3n) is 15.1. The molecule has 0 aromatic heterocycles.